The van der Waals surface area contributed by atoms with Crippen LogP contribution in [-0.2, 0) is 11.3 Å². The fourth-order valence-electron chi connectivity index (χ4n) is 1.26. The molecule has 2 N–H and O–H groups in total. The average Bonchev–Trinajstić information content (AvgIpc) is 2.23. The van der Waals surface area contributed by atoms with Crippen molar-refractivity contribution >= 4 is 12.4 Å². The van der Waals surface area contributed by atoms with Gasteiger partial charge in [-0.3, -0.25) is 9.59 Å². The monoisotopic (exact) mass is 252 g/mol. The number of ether oxygens (including phenoxy) is 1. The third kappa shape index (κ3) is 4.82. The Kier molecular flexibility index (Phi) is 4.25. The summed E-state index contributed by atoms with van der Waals surface area (Å²) in [4.78, 5) is 35.9. The molecule has 6 heteroatoms. The minimum atomic E-state index is -0.583. The highest BCUT2D eigenvalue weighted by molar-refractivity contribution is 5.71. The number of rotatable bonds is 3. The van der Waals surface area contributed by atoms with E-state index >= 15 is 0 Å². The van der Waals surface area contributed by atoms with Crippen LogP contribution in [0.4, 0.5) is 4.79 Å². The first-order chi connectivity index (χ1) is 8.30. The van der Waals surface area contributed by atoms with E-state index in [0.717, 1.165) is 0 Å². The summed E-state index contributed by atoms with van der Waals surface area (Å²) in [5, 5.41) is 2.49. The second-order valence-corrected chi connectivity index (χ2v) is 4.77. The Hall–Kier alpha value is -2.11. The van der Waals surface area contributed by atoms with E-state index in [1.165, 1.54) is 12.1 Å². The quantitative estimate of drug-likeness (QED) is 0.791. The fraction of sp³-hybridized carbons (Fsp3) is 0.417. The van der Waals surface area contributed by atoms with E-state index in [4.69, 9.17) is 4.74 Å². The van der Waals surface area contributed by atoms with Gasteiger partial charge in [-0.05, 0) is 20.8 Å². The molecule has 0 bridgehead atoms. The molecular weight excluding hydrogens is 236 g/mol. The Morgan fingerprint density at radius 2 is 2.11 bits per heavy atom. The molecule has 1 aromatic rings. The normalized spacial score (nSPS) is 10.8. The third-order valence-electron chi connectivity index (χ3n) is 1.87. The van der Waals surface area contributed by atoms with Crippen LogP contribution in [0, 0.1) is 0 Å². The fourth-order valence-corrected chi connectivity index (χ4v) is 1.26. The van der Waals surface area contributed by atoms with Crippen molar-refractivity contribution in [3.8, 4) is 0 Å². The number of aldehydes is 1. The molecular formula is C12H16N2O4. The third-order valence-corrected chi connectivity index (χ3v) is 1.87. The van der Waals surface area contributed by atoms with Gasteiger partial charge >= 0.3 is 6.09 Å². The predicted octanol–water partition coefficient (Wildman–Crippen LogP) is 1.21. The highest BCUT2D eigenvalue weighted by atomic mass is 16.6. The molecule has 0 spiro atoms. The number of hydrogen-bond acceptors (Lipinski definition) is 4. The van der Waals surface area contributed by atoms with E-state index < -0.39 is 11.7 Å². The Morgan fingerprint density at radius 1 is 1.44 bits per heavy atom. The van der Waals surface area contributed by atoms with Crippen LogP contribution in [0.1, 0.15) is 37.0 Å². The van der Waals surface area contributed by atoms with Crippen molar-refractivity contribution in [3.63, 3.8) is 0 Å². The van der Waals surface area contributed by atoms with Crippen molar-refractivity contribution in [2.24, 2.45) is 0 Å². The summed E-state index contributed by atoms with van der Waals surface area (Å²) in [5.74, 6) is 0. The first kappa shape index (κ1) is 14.0. The SMILES string of the molecule is CC(C)(C)OC(=O)NCc1cc(=O)cc(C=O)[nH]1. The second kappa shape index (κ2) is 5.48. The van der Waals surface area contributed by atoms with Crippen LogP contribution < -0.4 is 10.7 Å². The number of pyridine rings is 1. The van der Waals surface area contributed by atoms with Crippen LogP contribution in [-0.4, -0.2) is 23.0 Å². The number of H-pyrrole nitrogens is 1. The molecule has 1 amide bonds. The van der Waals surface area contributed by atoms with Crippen LogP contribution in [0.25, 0.3) is 0 Å². The number of alkyl carbamates (subject to hydrolysis) is 1. The lowest BCUT2D eigenvalue weighted by Gasteiger charge is -2.19. The molecule has 0 fully saturated rings. The zero-order valence-corrected chi connectivity index (χ0v) is 10.6. The number of aromatic amines is 1. The Labute approximate surface area is 104 Å². The zero-order chi connectivity index (χ0) is 13.8. The van der Waals surface area contributed by atoms with Crippen molar-refractivity contribution in [1.29, 1.82) is 0 Å². The van der Waals surface area contributed by atoms with Crippen LogP contribution in [0.15, 0.2) is 16.9 Å². The van der Waals surface area contributed by atoms with E-state index in [1.54, 1.807) is 20.8 Å². The summed E-state index contributed by atoms with van der Waals surface area (Å²) in [7, 11) is 0. The molecule has 1 heterocycles. The maximum Gasteiger partial charge on any atom is 0.407 e. The lowest BCUT2D eigenvalue weighted by molar-refractivity contribution is 0.0523. The van der Waals surface area contributed by atoms with Crippen molar-refractivity contribution in [3.05, 3.63) is 33.7 Å². The molecule has 0 saturated heterocycles. The maximum atomic E-state index is 11.4. The largest absolute Gasteiger partial charge is 0.444 e. The van der Waals surface area contributed by atoms with Gasteiger partial charge in [-0.1, -0.05) is 0 Å². The zero-order valence-electron chi connectivity index (χ0n) is 10.6. The first-order valence-electron chi connectivity index (χ1n) is 5.45. The molecule has 0 aromatic carbocycles. The Balaban J connectivity index is 2.64. The van der Waals surface area contributed by atoms with Gasteiger partial charge in [0.1, 0.15) is 5.60 Å². The number of carbonyl (C=O) groups excluding carboxylic acids is 2. The van der Waals surface area contributed by atoms with E-state index in [9.17, 15) is 14.4 Å². The van der Waals surface area contributed by atoms with Gasteiger partial charge in [-0.25, -0.2) is 4.79 Å². The summed E-state index contributed by atoms with van der Waals surface area (Å²) in [6.07, 6.45) is -0.0434. The number of hydrogen-bond donors (Lipinski definition) is 2. The highest BCUT2D eigenvalue weighted by Gasteiger charge is 2.15. The minimum absolute atomic E-state index is 0.0891. The predicted molar refractivity (Wildman–Crippen MR) is 65.5 cm³/mol. The van der Waals surface area contributed by atoms with Crippen LogP contribution in [0.5, 0.6) is 0 Å². The second-order valence-electron chi connectivity index (χ2n) is 4.77. The molecule has 0 aliphatic carbocycles. The van der Waals surface area contributed by atoms with Gasteiger partial charge in [0.15, 0.2) is 11.7 Å². The first-order valence-corrected chi connectivity index (χ1v) is 5.45. The van der Waals surface area contributed by atoms with Gasteiger partial charge in [0.05, 0.1) is 12.2 Å². The number of carbonyl (C=O) groups is 2. The molecule has 0 saturated carbocycles. The molecule has 0 unspecified atom stereocenters. The van der Waals surface area contributed by atoms with Gasteiger partial charge in [-0.2, -0.15) is 0 Å². The lowest BCUT2D eigenvalue weighted by Crippen LogP contribution is -2.32. The minimum Gasteiger partial charge on any atom is -0.444 e. The summed E-state index contributed by atoms with van der Waals surface area (Å²) in [6.45, 7) is 5.34. The Morgan fingerprint density at radius 3 is 2.67 bits per heavy atom. The molecule has 98 valence electrons. The topological polar surface area (TPSA) is 88.3 Å². The van der Waals surface area contributed by atoms with Crippen LogP contribution >= 0.6 is 0 Å². The van der Waals surface area contributed by atoms with Crippen molar-refractivity contribution in [2.45, 2.75) is 32.9 Å². The number of nitrogens with one attached hydrogen (secondary N) is 2. The van der Waals surface area contributed by atoms with Crippen molar-refractivity contribution in [2.75, 3.05) is 0 Å². The molecule has 1 aromatic heterocycles. The van der Waals surface area contributed by atoms with Gasteiger partial charge < -0.3 is 15.0 Å². The number of amides is 1. The molecule has 0 atom stereocenters. The Bertz CT molecular complexity index is 500. The van der Waals surface area contributed by atoms with Gasteiger partial charge in [0.2, 0.25) is 0 Å². The van der Waals surface area contributed by atoms with Crippen LogP contribution in [0.3, 0.4) is 0 Å². The number of aromatic nitrogens is 1. The average molecular weight is 252 g/mol. The standard InChI is InChI=1S/C12H16N2O4/c1-12(2,3)18-11(17)13-6-8-4-10(16)5-9(7-15)14-8/h4-5,7H,6H2,1-3H3,(H,13,17)(H,14,16). The van der Waals surface area contributed by atoms with Crippen molar-refractivity contribution in [1.82, 2.24) is 10.3 Å². The lowest BCUT2D eigenvalue weighted by atomic mass is 10.2. The molecule has 6 nitrogen and oxygen atoms in total. The van der Waals surface area contributed by atoms with E-state index in [0.29, 0.717) is 12.0 Å². The van der Waals surface area contributed by atoms with E-state index in [2.05, 4.69) is 10.3 Å². The molecule has 18 heavy (non-hydrogen) atoms. The van der Waals surface area contributed by atoms with Gasteiger partial charge in [0.25, 0.3) is 0 Å². The summed E-state index contributed by atoms with van der Waals surface area (Å²) < 4.78 is 5.03. The molecule has 0 aliphatic heterocycles. The van der Waals surface area contributed by atoms with E-state index in [1.807, 2.05) is 0 Å². The molecule has 0 aliphatic rings. The van der Waals surface area contributed by atoms with Crippen LogP contribution in [0.2, 0.25) is 0 Å². The van der Waals surface area contributed by atoms with Crippen molar-refractivity contribution < 1.29 is 14.3 Å². The summed E-state index contributed by atoms with van der Waals surface area (Å²) in [5.41, 5.74) is -0.266. The maximum absolute atomic E-state index is 11.4. The summed E-state index contributed by atoms with van der Waals surface area (Å²) >= 11 is 0. The smallest absolute Gasteiger partial charge is 0.407 e. The molecule has 1 rings (SSSR count). The molecule has 0 radical (unpaired) electrons. The summed E-state index contributed by atoms with van der Waals surface area (Å²) in [6, 6.07) is 2.49. The van der Waals surface area contributed by atoms with Gasteiger partial charge in [-0.15, -0.1) is 0 Å². The van der Waals surface area contributed by atoms with Gasteiger partial charge in [0, 0.05) is 17.8 Å². The van der Waals surface area contributed by atoms with E-state index in [-0.39, 0.29) is 17.7 Å². The highest BCUT2D eigenvalue weighted by Crippen LogP contribution is 2.06.